The van der Waals surface area contributed by atoms with E-state index in [2.05, 4.69) is 10.4 Å². The molecule has 0 bridgehead atoms. The van der Waals surface area contributed by atoms with Crippen molar-refractivity contribution < 1.29 is 19.2 Å². The number of nitro groups is 1. The van der Waals surface area contributed by atoms with Crippen LogP contribution in [0.25, 0.3) is 16.9 Å². The first-order chi connectivity index (χ1) is 16.8. The minimum atomic E-state index is -0.491. The number of non-ortho nitro benzene ring substituents is 1. The van der Waals surface area contributed by atoms with Gasteiger partial charge in [0.25, 0.3) is 11.6 Å². The molecular weight excluding hydrogens is 448 g/mol. The van der Waals surface area contributed by atoms with Crippen molar-refractivity contribution in [2.75, 3.05) is 19.5 Å². The molecule has 1 amide bonds. The Morgan fingerprint density at radius 1 is 0.971 bits per heavy atom. The lowest BCUT2D eigenvalue weighted by molar-refractivity contribution is -0.384. The van der Waals surface area contributed by atoms with Crippen molar-refractivity contribution in [2.24, 2.45) is 0 Å². The smallest absolute Gasteiger partial charge is 0.274 e. The van der Waals surface area contributed by atoms with Crippen molar-refractivity contribution in [1.82, 2.24) is 9.78 Å². The molecule has 0 fully saturated rings. The number of anilines is 1. The van der Waals surface area contributed by atoms with Crippen molar-refractivity contribution >= 4 is 17.3 Å². The predicted molar refractivity (Wildman–Crippen MR) is 133 cm³/mol. The first kappa shape index (κ1) is 23.5. The standard InChI is InChI=1S/C26H24N4O5/c1-16-8-9-18(12-17(16)2)27-26(31)24-15-23(22-11-10-21(34-3)14-25(22)35-4)28-29(24)19-6-5-7-20(13-19)30(32)33/h5-15H,1-4H3,(H,27,31). The second-order valence-corrected chi connectivity index (χ2v) is 7.92. The fraction of sp³-hybridized carbons (Fsp3) is 0.154. The first-order valence-electron chi connectivity index (χ1n) is 10.8. The third-order valence-electron chi connectivity index (χ3n) is 5.68. The Morgan fingerprint density at radius 2 is 1.77 bits per heavy atom. The fourth-order valence-corrected chi connectivity index (χ4v) is 3.63. The van der Waals surface area contributed by atoms with Crippen molar-refractivity contribution in [3.05, 3.63) is 93.7 Å². The highest BCUT2D eigenvalue weighted by atomic mass is 16.6. The number of rotatable bonds is 7. The van der Waals surface area contributed by atoms with Crippen LogP contribution < -0.4 is 14.8 Å². The van der Waals surface area contributed by atoms with Crippen LogP contribution in [0.4, 0.5) is 11.4 Å². The van der Waals surface area contributed by atoms with Crippen LogP contribution in [0.2, 0.25) is 0 Å². The molecule has 0 spiro atoms. The second-order valence-electron chi connectivity index (χ2n) is 7.92. The molecule has 0 radical (unpaired) electrons. The monoisotopic (exact) mass is 472 g/mol. The minimum Gasteiger partial charge on any atom is -0.497 e. The molecule has 178 valence electrons. The Labute approximate surface area is 202 Å². The summed E-state index contributed by atoms with van der Waals surface area (Å²) in [6.45, 7) is 3.96. The Hall–Kier alpha value is -4.66. The Morgan fingerprint density at radius 3 is 2.46 bits per heavy atom. The van der Waals surface area contributed by atoms with Gasteiger partial charge in [-0.15, -0.1) is 0 Å². The largest absolute Gasteiger partial charge is 0.497 e. The van der Waals surface area contributed by atoms with E-state index < -0.39 is 10.8 Å². The maximum atomic E-state index is 13.4. The van der Waals surface area contributed by atoms with Gasteiger partial charge in [0.05, 0.1) is 30.5 Å². The number of aryl methyl sites for hydroxylation is 2. The molecule has 4 rings (SSSR count). The van der Waals surface area contributed by atoms with Crippen LogP contribution in [0.1, 0.15) is 21.6 Å². The van der Waals surface area contributed by atoms with Gasteiger partial charge in [0, 0.05) is 29.4 Å². The van der Waals surface area contributed by atoms with Gasteiger partial charge in [-0.05, 0) is 61.4 Å². The summed E-state index contributed by atoms with van der Waals surface area (Å²) in [6, 6.07) is 18.5. The fourth-order valence-electron chi connectivity index (χ4n) is 3.63. The number of aromatic nitrogens is 2. The molecule has 1 N–H and O–H groups in total. The van der Waals surface area contributed by atoms with Crippen molar-refractivity contribution in [3.63, 3.8) is 0 Å². The zero-order valence-electron chi connectivity index (χ0n) is 19.7. The molecule has 0 saturated heterocycles. The van der Waals surface area contributed by atoms with E-state index in [1.54, 1.807) is 43.5 Å². The van der Waals surface area contributed by atoms with Gasteiger partial charge in [-0.2, -0.15) is 5.10 Å². The van der Waals surface area contributed by atoms with Crippen LogP contribution in [0.5, 0.6) is 11.5 Å². The molecule has 35 heavy (non-hydrogen) atoms. The van der Waals surface area contributed by atoms with E-state index in [0.29, 0.717) is 34.1 Å². The molecule has 0 aliphatic heterocycles. The molecular formula is C26H24N4O5. The van der Waals surface area contributed by atoms with Gasteiger partial charge in [-0.25, -0.2) is 4.68 Å². The second kappa shape index (κ2) is 9.68. The summed E-state index contributed by atoms with van der Waals surface area (Å²) in [5.41, 5.74) is 4.35. The highest BCUT2D eigenvalue weighted by Crippen LogP contribution is 2.34. The summed E-state index contributed by atoms with van der Waals surface area (Å²) in [7, 11) is 3.09. The molecule has 9 nitrogen and oxygen atoms in total. The molecule has 1 aromatic heterocycles. The maximum Gasteiger partial charge on any atom is 0.274 e. The van der Waals surface area contributed by atoms with Crippen LogP contribution >= 0.6 is 0 Å². The number of carbonyl (C=O) groups is 1. The van der Waals surface area contributed by atoms with Gasteiger partial charge < -0.3 is 14.8 Å². The first-order valence-corrected chi connectivity index (χ1v) is 10.8. The molecule has 4 aromatic rings. The highest BCUT2D eigenvalue weighted by molar-refractivity contribution is 6.04. The third-order valence-corrected chi connectivity index (χ3v) is 5.68. The molecule has 9 heteroatoms. The molecule has 0 saturated carbocycles. The zero-order chi connectivity index (χ0) is 25.1. The van der Waals surface area contributed by atoms with E-state index >= 15 is 0 Å². The van der Waals surface area contributed by atoms with E-state index in [9.17, 15) is 14.9 Å². The lowest BCUT2D eigenvalue weighted by Gasteiger charge is -2.10. The lowest BCUT2D eigenvalue weighted by atomic mass is 10.1. The van der Waals surface area contributed by atoms with Crippen LogP contribution in [-0.4, -0.2) is 34.8 Å². The zero-order valence-corrected chi connectivity index (χ0v) is 19.7. The van der Waals surface area contributed by atoms with Crippen molar-refractivity contribution in [1.29, 1.82) is 0 Å². The number of hydrogen-bond acceptors (Lipinski definition) is 6. The third kappa shape index (κ3) is 4.84. The van der Waals surface area contributed by atoms with E-state index in [1.807, 2.05) is 32.0 Å². The summed E-state index contributed by atoms with van der Waals surface area (Å²) in [4.78, 5) is 24.2. The quantitative estimate of drug-likeness (QED) is 0.288. The summed E-state index contributed by atoms with van der Waals surface area (Å²) in [5.74, 6) is 0.705. The van der Waals surface area contributed by atoms with Crippen LogP contribution in [0, 0.1) is 24.0 Å². The Bertz CT molecular complexity index is 1430. The Balaban J connectivity index is 1.83. The minimum absolute atomic E-state index is 0.109. The van der Waals surface area contributed by atoms with Crippen molar-refractivity contribution in [2.45, 2.75) is 13.8 Å². The SMILES string of the molecule is COc1ccc(-c2cc(C(=O)Nc3ccc(C)c(C)c3)n(-c3cccc([N+](=O)[O-])c3)n2)c(OC)c1. The molecule has 0 atom stereocenters. The van der Waals surface area contributed by atoms with Gasteiger partial charge in [0.1, 0.15) is 17.2 Å². The molecule has 0 aliphatic carbocycles. The van der Waals surface area contributed by atoms with E-state index in [-0.39, 0.29) is 11.4 Å². The number of methoxy groups -OCH3 is 2. The van der Waals surface area contributed by atoms with E-state index in [4.69, 9.17) is 9.47 Å². The average Bonchev–Trinajstić information content (AvgIpc) is 3.31. The molecule has 0 aliphatic rings. The maximum absolute atomic E-state index is 13.4. The summed E-state index contributed by atoms with van der Waals surface area (Å²) < 4.78 is 12.2. The average molecular weight is 473 g/mol. The number of nitrogens with zero attached hydrogens (tertiary/aromatic N) is 3. The van der Waals surface area contributed by atoms with Crippen molar-refractivity contribution in [3.8, 4) is 28.4 Å². The summed E-state index contributed by atoms with van der Waals surface area (Å²) >= 11 is 0. The number of nitro benzene ring substituents is 1. The number of nitrogens with one attached hydrogen (secondary N) is 1. The van der Waals surface area contributed by atoms with Gasteiger partial charge in [-0.3, -0.25) is 14.9 Å². The molecule has 0 unspecified atom stereocenters. The summed E-state index contributed by atoms with van der Waals surface area (Å²) in [6.07, 6.45) is 0. The topological polar surface area (TPSA) is 109 Å². The predicted octanol–water partition coefficient (Wildman–Crippen LogP) is 5.33. The summed E-state index contributed by atoms with van der Waals surface area (Å²) in [5, 5.41) is 18.9. The van der Waals surface area contributed by atoms with Gasteiger partial charge >= 0.3 is 0 Å². The highest BCUT2D eigenvalue weighted by Gasteiger charge is 2.21. The van der Waals surface area contributed by atoms with Crippen LogP contribution in [0.3, 0.4) is 0 Å². The van der Waals surface area contributed by atoms with Gasteiger partial charge in [0.15, 0.2) is 0 Å². The van der Waals surface area contributed by atoms with Crippen LogP contribution in [0.15, 0.2) is 66.7 Å². The molecule has 1 heterocycles. The number of amides is 1. The lowest BCUT2D eigenvalue weighted by Crippen LogP contribution is -2.17. The molecule has 3 aromatic carbocycles. The van der Waals surface area contributed by atoms with Gasteiger partial charge in [0.2, 0.25) is 0 Å². The van der Waals surface area contributed by atoms with E-state index in [0.717, 1.165) is 11.1 Å². The number of carbonyl (C=O) groups excluding carboxylic acids is 1. The Kier molecular flexibility index (Phi) is 6.50. The normalized spacial score (nSPS) is 10.6. The van der Waals surface area contributed by atoms with Crippen LogP contribution in [-0.2, 0) is 0 Å². The number of benzene rings is 3. The van der Waals surface area contributed by atoms with Gasteiger partial charge in [-0.1, -0.05) is 12.1 Å². The number of ether oxygens (including phenoxy) is 2. The number of hydrogen-bond donors (Lipinski definition) is 1. The van der Waals surface area contributed by atoms with E-state index in [1.165, 1.54) is 23.9 Å².